The Bertz CT molecular complexity index is 754. The van der Waals surface area contributed by atoms with Gasteiger partial charge in [0.25, 0.3) is 5.91 Å². The number of amides is 1. The number of piperazine rings is 1. The Labute approximate surface area is 161 Å². The minimum absolute atomic E-state index is 0.0581. The van der Waals surface area contributed by atoms with Crippen LogP contribution in [0.1, 0.15) is 18.1 Å². The van der Waals surface area contributed by atoms with Gasteiger partial charge in [-0.05, 0) is 49.6 Å². The quantitative estimate of drug-likeness (QED) is 0.810. The molecule has 1 atom stereocenters. The van der Waals surface area contributed by atoms with Gasteiger partial charge in [-0.3, -0.25) is 4.79 Å². The fourth-order valence-corrected chi connectivity index (χ4v) is 3.71. The lowest BCUT2D eigenvalue weighted by Gasteiger charge is -2.36. The third-order valence-electron chi connectivity index (χ3n) is 5.49. The van der Waals surface area contributed by atoms with Crippen LogP contribution >= 0.6 is 0 Å². The van der Waals surface area contributed by atoms with Crippen LogP contribution in [-0.2, 0) is 11.2 Å². The molecule has 0 bridgehead atoms. The summed E-state index contributed by atoms with van der Waals surface area (Å²) in [6.07, 6.45) is 0.717. The van der Waals surface area contributed by atoms with Crippen molar-refractivity contribution in [3.05, 3.63) is 65.5 Å². The van der Waals surface area contributed by atoms with Crippen LogP contribution in [0.2, 0.25) is 0 Å². The molecule has 0 aromatic heterocycles. The molecular formula is C22H29FN3O+. The summed E-state index contributed by atoms with van der Waals surface area (Å²) < 4.78 is 12.9. The van der Waals surface area contributed by atoms with Gasteiger partial charge in [0.1, 0.15) is 5.82 Å². The van der Waals surface area contributed by atoms with Gasteiger partial charge in [0.15, 0.2) is 6.04 Å². The van der Waals surface area contributed by atoms with Gasteiger partial charge in [-0.25, -0.2) is 4.39 Å². The maximum Gasteiger partial charge on any atom is 0.278 e. The van der Waals surface area contributed by atoms with Gasteiger partial charge in [0, 0.05) is 12.2 Å². The number of hydrogen-bond donors (Lipinski definition) is 2. The first kappa shape index (κ1) is 19.4. The van der Waals surface area contributed by atoms with E-state index in [1.165, 1.54) is 28.3 Å². The molecule has 1 aliphatic heterocycles. The highest BCUT2D eigenvalue weighted by atomic mass is 19.1. The Morgan fingerprint density at radius 3 is 2.48 bits per heavy atom. The van der Waals surface area contributed by atoms with Crippen LogP contribution in [0.3, 0.4) is 0 Å². The lowest BCUT2D eigenvalue weighted by atomic mass is 10.1. The number of rotatable bonds is 6. The second-order valence-corrected chi connectivity index (χ2v) is 7.32. The molecule has 2 aromatic carbocycles. The molecule has 0 spiro atoms. The molecule has 144 valence electrons. The number of carbonyl (C=O) groups excluding carboxylic acids is 1. The van der Waals surface area contributed by atoms with Gasteiger partial charge in [-0.15, -0.1) is 0 Å². The van der Waals surface area contributed by atoms with E-state index in [9.17, 15) is 9.18 Å². The molecule has 2 N–H and O–H groups in total. The Hall–Kier alpha value is -2.40. The number of aryl methyl sites for hydroxylation is 1. The molecule has 27 heavy (non-hydrogen) atoms. The largest absolute Gasteiger partial charge is 0.360 e. The number of nitrogens with one attached hydrogen (secondary N) is 2. The Kier molecular flexibility index (Phi) is 6.45. The predicted octanol–water partition coefficient (Wildman–Crippen LogP) is 1.59. The molecular weight excluding hydrogens is 341 g/mol. The van der Waals surface area contributed by atoms with Crippen molar-refractivity contribution in [1.82, 2.24) is 5.32 Å². The van der Waals surface area contributed by atoms with Crippen LogP contribution in [0.15, 0.2) is 48.5 Å². The second kappa shape index (κ2) is 9.00. The summed E-state index contributed by atoms with van der Waals surface area (Å²) in [5.41, 5.74) is 3.63. The highest BCUT2D eigenvalue weighted by Crippen LogP contribution is 2.18. The van der Waals surface area contributed by atoms with Crippen LogP contribution in [0.4, 0.5) is 10.1 Å². The first-order valence-electron chi connectivity index (χ1n) is 9.72. The van der Waals surface area contributed by atoms with Crippen molar-refractivity contribution in [2.24, 2.45) is 0 Å². The van der Waals surface area contributed by atoms with Crippen molar-refractivity contribution in [2.45, 2.75) is 26.3 Å². The fourth-order valence-electron chi connectivity index (χ4n) is 3.71. The minimum Gasteiger partial charge on any atom is -0.360 e. The molecule has 0 saturated carbocycles. The van der Waals surface area contributed by atoms with Crippen molar-refractivity contribution in [3.63, 3.8) is 0 Å². The third kappa shape index (κ3) is 5.07. The zero-order valence-electron chi connectivity index (χ0n) is 16.2. The number of hydrogen-bond acceptors (Lipinski definition) is 2. The Balaban J connectivity index is 1.44. The molecule has 1 amide bonds. The standard InChI is InChI=1S/C22H28FN3O/c1-17-5-3-4-6-21(17)26-15-13-25(14-16-26)18(2)22(27)24-12-11-19-7-9-20(23)10-8-19/h3-10,18H,11-16H2,1-2H3,(H,24,27)/p+1/t18-/m0/s1. The van der Waals surface area contributed by atoms with E-state index in [2.05, 4.69) is 41.4 Å². The summed E-state index contributed by atoms with van der Waals surface area (Å²) in [7, 11) is 0. The van der Waals surface area contributed by atoms with Gasteiger partial charge in [-0.2, -0.15) is 0 Å². The Morgan fingerprint density at radius 2 is 1.81 bits per heavy atom. The van der Waals surface area contributed by atoms with E-state index in [0.717, 1.165) is 38.2 Å². The zero-order valence-corrected chi connectivity index (χ0v) is 16.2. The monoisotopic (exact) mass is 370 g/mol. The first-order chi connectivity index (χ1) is 13.0. The highest BCUT2D eigenvalue weighted by molar-refractivity contribution is 5.79. The molecule has 4 nitrogen and oxygen atoms in total. The summed E-state index contributed by atoms with van der Waals surface area (Å²) in [5.74, 6) is -0.138. The highest BCUT2D eigenvalue weighted by Gasteiger charge is 2.29. The van der Waals surface area contributed by atoms with Crippen molar-refractivity contribution < 1.29 is 14.1 Å². The van der Waals surface area contributed by atoms with E-state index in [1.54, 1.807) is 12.1 Å². The summed E-state index contributed by atoms with van der Waals surface area (Å²) in [6.45, 7) is 8.58. The number of carbonyl (C=O) groups is 1. The van der Waals surface area contributed by atoms with Crippen LogP contribution in [0.5, 0.6) is 0 Å². The smallest absolute Gasteiger partial charge is 0.278 e. The number of para-hydroxylation sites is 1. The van der Waals surface area contributed by atoms with Crippen molar-refractivity contribution in [1.29, 1.82) is 0 Å². The number of halogens is 1. The molecule has 0 radical (unpaired) electrons. The first-order valence-corrected chi connectivity index (χ1v) is 9.72. The van der Waals surface area contributed by atoms with Crippen molar-refractivity contribution in [3.8, 4) is 0 Å². The van der Waals surface area contributed by atoms with Gasteiger partial charge in [0.05, 0.1) is 26.2 Å². The van der Waals surface area contributed by atoms with E-state index in [-0.39, 0.29) is 17.8 Å². The topological polar surface area (TPSA) is 36.8 Å². The minimum atomic E-state index is -0.232. The third-order valence-corrected chi connectivity index (χ3v) is 5.49. The normalized spacial score (nSPS) is 16.2. The SMILES string of the molecule is Cc1ccccc1N1CC[NH+]([C@@H](C)C(=O)NCCc2ccc(F)cc2)CC1. The van der Waals surface area contributed by atoms with Crippen LogP contribution in [0.25, 0.3) is 0 Å². The molecule has 1 aliphatic rings. The van der Waals surface area contributed by atoms with Gasteiger partial charge < -0.3 is 15.1 Å². The summed E-state index contributed by atoms with van der Waals surface area (Å²) in [6, 6.07) is 14.9. The number of nitrogens with zero attached hydrogens (tertiary/aromatic N) is 1. The number of benzene rings is 2. The fraction of sp³-hybridized carbons (Fsp3) is 0.409. The van der Waals surface area contributed by atoms with E-state index < -0.39 is 0 Å². The van der Waals surface area contributed by atoms with Crippen molar-refractivity contribution >= 4 is 11.6 Å². The van der Waals surface area contributed by atoms with Crippen molar-refractivity contribution in [2.75, 3.05) is 37.6 Å². The lowest BCUT2D eigenvalue weighted by molar-refractivity contribution is -0.914. The predicted molar refractivity (Wildman–Crippen MR) is 107 cm³/mol. The zero-order chi connectivity index (χ0) is 19.2. The summed E-state index contributed by atoms with van der Waals surface area (Å²) in [5, 5.41) is 3.03. The van der Waals surface area contributed by atoms with Gasteiger partial charge in [0.2, 0.25) is 0 Å². The summed E-state index contributed by atoms with van der Waals surface area (Å²) in [4.78, 5) is 16.2. The maximum atomic E-state index is 12.9. The van der Waals surface area contributed by atoms with Gasteiger partial charge >= 0.3 is 0 Å². The molecule has 0 aliphatic carbocycles. The molecule has 1 saturated heterocycles. The average molecular weight is 370 g/mol. The van der Waals surface area contributed by atoms with Crippen LogP contribution in [0, 0.1) is 12.7 Å². The molecule has 2 aromatic rings. The van der Waals surface area contributed by atoms with E-state index >= 15 is 0 Å². The second-order valence-electron chi connectivity index (χ2n) is 7.32. The Morgan fingerprint density at radius 1 is 1.15 bits per heavy atom. The molecule has 0 unspecified atom stereocenters. The molecule has 1 heterocycles. The van der Waals surface area contributed by atoms with Crippen LogP contribution in [-0.4, -0.2) is 44.7 Å². The van der Waals surface area contributed by atoms with Crippen LogP contribution < -0.4 is 15.1 Å². The van der Waals surface area contributed by atoms with E-state index in [0.29, 0.717) is 6.54 Å². The molecule has 1 fully saturated rings. The molecule has 3 rings (SSSR count). The number of anilines is 1. The maximum absolute atomic E-state index is 12.9. The van der Waals surface area contributed by atoms with E-state index in [1.807, 2.05) is 6.92 Å². The average Bonchev–Trinajstić information content (AvgIpc) is 2.69. The molecule has 5 heteroatoms. The van der Waals surface area contributed by atoms with E-state index in [4.69, 9.17) is 0 Å². The van der Waals surface area contributed by atoms with Gasteiger partial charge in [-0.1, -0.05) is 30.3 Å². The number of quaternary nitrogens is 1. The lowest BCUT2D eigenvalue weighted by Crippen LogP contribution is -3.19. The summed E-state index contributed by atoms with van der Waals surface area (Å²) >= 11 is 0.